The van der Waals surface area contributed by atoms with Gasteiger partial charge in [-0.3, -0.25) is 0 Å². The third-order valence-corrected chi connectivity index (χ3v) is 9.44. The van der Waals surface area contributed by atoms with Gasteiger partial charge in [-0.1, -0.05) is 0 Å². The van der Waals surface area contributed by atoms with E-state index >= 15 is 0 Å². The van der Waals surface area contributed by atoms with Crippen LogP contribution in [-0.4, -0.2) is 36.1 Å². The quantitative estimate of drug-likeness (QED) is 0.420. The predicted octanol–water partition coefficient (Wildman–Crippen LogP) is 0.777. The zero-order valence-electron chi connectivity index (χ0n) is 9.96. The van der Waals surface area contributed by atoms with Gasteiger partial charge in [0, 0.05) is 0 Å². The molecule has 20 heavy (non-hydrogen) atoms. The van der Waals surface area contributed by atoms with E-state index in [1.54, 1.807) is 24.3 Å². The maximum atomic E-state index is 10.7. The first-order valence-electron chi connectivity index (χ1n) is 5.40. The van der Waals surface area contributed by atoms with Gasteiger partial charge in [0.2, 0.25) is 0 Å². The minimum absolute atomic E-state index is 0.0637. The standard InChI is InChI=1S/C12H8N2O4Se2/c15-13(16)9-3-1-5-11(7-9)19-20-12-6-2-4-10(8-12)14(17)18/h1-8H. The van der Waals surface area contributed by atoms with E-state index in [2.05, 4.69) is 0 Å². The van der Waals surface area contributed by atoms with Gasteiger partial charge < -0.3 is 0 Å². The van der Waals surface area contributed by atoms with Crippen molar-refractivity contribution in [1.82, 2.24) is 0 Å². The van der Waals surface area contributed by atoms with E-state index in [1.165, 1.54) is 12.1 Å². The van der Waals surface area contributed by atoms with Crippen molar-refractivity contribution in [2.24, 2.45) is 0 Å². The van der Waals surface area contributed by atoms with Gasteiger partial charge in [-0.2, -0.15) is 0 Å². The first-order chi connectivity index (χ1) is 9.56. The van der Waals surface area contributed by atoms with Crippen LogP contribution in [0.25, 0.3) is 0 Å². The Morgan fingerprint density at radius 3 is 1.50 bits per heavy atom. The second-order valence-electron chi connectivity index (χ2n) is 3.68. The van der Waals surface area contributed by atoms with E-state index in [4.69, 9.17) is 0 Å². The number of nitro groups is 2. The maximum absolute atomic E-state index is 10.7. The van der Waals surface area contributed by atoms with Crippen molar-refractivity contribution < 1.29 is 9.85 Å². The first kappa shape index (κ1) is 14.7. The summed E-state index contributed by atoms with van der Waals surface area (Å²) in [5.74, 6) is 0. The number of nitrogens with zero attached hydrogens (tertiary/aromatic N) is 2. The molecular formula is C12H8N2O4Se2. The summed E-state index contributed by atoms with van der Waals surface area (Å²) in [6.45, 7) is 0. The summed E-state index contributed by atoms with van der Waals surface area (Å²) >= 11 is 0.127. The molecule has 0 saturated carbocycles. The van der Waals surface area contributed by atoms with Crippen molar-refractivity contribution in [3.05, 3.63) is 68.8 Å². The molecule has 0 aliphatic carbocycles. The molecule has 0 N–H and O–H groups in total. The number of nitro benzene ring substituents is 2. The van der Waals surface area contributed by atoms with Crippen LogP contribution in [0.15, 0.2) is 48.5 Å². The summed E-state index contributed by atoms with van der Waals surface area (Å²) in [6.07, 6.45) is 0. The van der Waals surface area contributed by atoms with Crippen LogP contribution in [-0.2, 0) is 0 Å². The Morgan fingerprint density at radius 1 is 0.750 bits per heavy atom. The van der Waals surface area contributed by atoms with Crippen LogP contribution in [0.4, 0.5) is 11.4 Å². The molecule has 0 bridgehead atoms. The van der Waals surface area contributed by atoms with Gasteiger partial charge in [0.1, 0.15) is 0 Å². The summed E-state index contributed by atoms with van der Waals surface area (Å²) in [5.41, 5.74) is 0.165. The van der Waals surface area contributed by atoms with E-state index in [1.807, 2.05) is 12.1 Å². The average Bonchev–Trinajstić information content (AvgIpc) is 2.45. The Balaban J connectivity index is 2.08. The molecule has 0 aromatic heterocycles. The van der Waals surface area contributed by atoms with Crippen LogP contribution in [0.1, 0.15) is 0 Å². The number of hydrogen-bond donors (Lipinski definition) is 0. The molecule has 0 aliphatic rings. The zero-order chi connectivity index (χ0) is 14.5. The molecule has 0 saturated heterocycles. The third kappa shape index (κ3) is 3.88. The van der Waals surface area contributed by atoms with Crippen LogP contribution in [0.5, 0.6) is 0 Å². The molecule has 6 nitrogen and oxygen atoms in total. The van der Waals surface area contributed by atoms with E-state index in [-0.39, 0.29) is 37.6 Å². The fraction of sp³-hybridized carbons (Fsp3) is 0. The number of rotatable bonds is 5. The molecule has 0 amide bonds. The van der Waals surface area contributed by atoms with E-state index in [0.717, 1.165) is 8.92 Å². The zero-order valence-corrected chi connectivity index (χ0v) is 13.4. The van der Waals surface area contributed by atoms with Gasteiger partial charge in [-0.05, 0) is 0 Å². The van der Waals surface area contributed by atoms with Crippen molar-refractivity contribution in [2.45, 2.75) is 0 Å². The molecule has 0 unspecified atom stereocenters. The van der Waals surface area contributed by atoms with Gasteiger partial charge in [0.05, 0.1) is 0 Å². The third-order valence-electron chi connectivity index (χ3n) is 2.29. The van der Waals surface area contributed by atoms with Crippen molar-refractivity contribution in [3.63, 3.8) is 0 Å². The van der Waals surface area contributed by atoms with E-state index in [9.17, 15) is 20.2 Å². The Hall–Kier alpha value is -1.72. The van der Waals surface area contributed by atoms with Crippen molar-refractivity contribution in [2.75, 3.05) is 0 Å². The molecule has 0 radical (unpaired) electrons. The normalized spacial score (nSPS) is 10.2. The molecule has 102 valence electrons. The topological polar surface area (TPSA) is 86.3 Å². The van der Waals surface area contributed by atoms with E-state index in [0.29, 0.717) is 0 Å². The minimum atomic E-state index is -0.417. The van der Waals surface area contributed by atoms with Crippen molar-refractivity contribution >= 4 is 46.6 Å². The molecule has 0 heterocycles. The van der Waals surface area contributed by atoms with Gasteiger partial charge >= 0.3 is 125 Å². The number of hydrogen-bond acceptors (Lipinski definition) is 4. The van der Waals surface area contributed by atoms with Gasteiger partial charge in [-0.25, -0.2) is 0 Å². The molecule has 0 aliphatic heterocycles. The summed E-state index contributed by atoms with van der Waals surface area (Å²) < 4.78 is 1.86. The van der Waals surface area contributed by atoms with Crippen molar-refractivity contribution in [1.29, 1.82) is 0 Å². The Labute approximate surface area is 125 Å². The van der Waals surface area contributed by atoms with Crippen LogP contribution in [0.3, 0.4) is 0 Å². The van der Waals surface area contributed by atoms with Crippen LogP contribution in [0.2, 0.25) is 0 Å². The summed E-state index contributed by atoms with van der Waals surface area (Å²) in [4.78, 5) is 20.5. The summed E-state index contributed by atoms with van der Waals surface area (Å²) in [7, 11) is 0. The molecule has 2 aromatic carbocycles. The second-order valence-corrected chi connectivity index (χ2v) is 9.99. The average molecular weight is 402 g/mol. The van der Waals surface area contributed by atoms with E-state index < -0.39 is 9.85 Å². The molecule has 2 rings (SSSR count). The van der Waals surface area contributed by atoms with Crippen LogP contribution >= 0.6 is 0 Å². The molecule has 0 fully saturated rings. The van der Waals surface area contributed by atoms with Gasteiger partial charge in [0.25, 0.3) is 0 Å². The second kappa shape index (κ2) is 6.63. The predicted molar refractivity (Wildman–Crippen MR) is 77.0 cm³/mol. The number of non-ortho nitro benzene ring substituents is 2. The Bertz CT molecular complexity index is 606. The van der Waals surface area contributed by atoms with Crippen LogP contribution in [0, 0.1) is 20.2 Å². The molecular weight excluding hydrogens is 394 g/mol. The summed E-state index contributed by atoms with van der Waals surface area (Å²) in [5, 5.41) is 21.4. The van der Waals surface area contributed by atoms with Crippen LogP contribution < -0.4 is 8.92 Å². The molecule has 2 aromatic rings. The SMILES string of the molecule is O=[N+]([O-])c1cccc([Se][Se]c2cccc([N+](=O)[O-])c2)c1. The monoisotopic (exact) mass is 404 g/mol. The van der Waals surface area contributed by atoms with Gasteiger partial charge in [0.15, 0.2) is 0 Å². The molecule has 0 spiro atoms. The summed E-state index contributed by atoms with van der Waals surface area (Å²) in [6, 6.07) is 13.1. The Kier molecular flexibility index (Phi) is 4.87. The molecule has 0 atom stereocenters. The molecule has 8 heteroatoms. The number of benzene rings is 2. The fourth-order valence-corrected chi connectivity index (χ4v) is 7.43. The van der Waals surface area contributed by atoms with Gasteiger partial charge in [-0.15, -0.1) is 0 Å². The van der Waals surface area contributed by atoms with Crippen molar-refractivity contribution in [3.8, 4) is 0 Å². The fourth-order valence-electron chi connectivity index (χ4n) is 1.39. The Morgan fingerprint density at radius 2 is 1.15 bits per heavy atom. The first-order valence-corrected chi connectivity index (χ1v) is 11.4.